The molecule has 114 valence electrons. The third kappa shape index (κ3) is 3.14. The van der Waals surface area contributed by atoms with E-state index >= 15 is 0 Å². The molecular weight excluding hydrogens is 256 g/mol. The predicted octanol–water partition coefficient (Wildman–Crippen LogP) is 1.32. The van der Waals surface area contributed by atoms with Crippen LogP contribution in [-0.2, 0) is 14.3 Å². The zero-order valence-electron chi connectivity index (χ0n) is 12.7. The molecule has 1 N–H and O–H groups in total. The van der Waals surface area contributed by atoms with E-state index in [1.807, 2.05) is 6.92 Å². The van der Waals surface area contributed by atoms with Gasteiger partial charge in [0.05, 0.1) is 6.10 Å². The number of carbonyl (C=O) groups is 2. The van der Waals surface area contributed by atoms with Crippen LogP contribution in [0, 0.1) is 5.92 Å². The van der Waals surface area contributed by atoms with E-state index in [4.69, 9.17) is 4.74 Å². The summed E-state index contributed by atoms with van der Waals surface area (Å²) in [6, 6.07) is -0.777. The maximum Gasteiger partial charge on any atom is 0.245 e. The highest BCUT2D eigenvalue weighted by atomic mass is 16.5. The van der Waals surface area contributed by atoms with Crippen molar-refractivity contribution in [3.05, 3.63) is 0 Å². The molecule has 2 aliphatic rings. The first-order valence-electron chi connectivity index (χ1n) is 7.77. The highest BCUT2D eigenvalue weighted by molar-refractivity contribution is 5.96. The second-order valence-electron chi connectivity index (χ2n) is 6.04. The number of ether oxygens (including phenoxy) is 1. The van der Waals surface area contributed by atoms with Crippen molar-refractivity contribution >= 4 is 11.8 Å². The lowest BCUT2D eigenvalue weighted by Crippen LogP contribution is -2.65. The second-order valence-corrected chi connectivity index (χ2v) is 6.04. The van der Waals surface area contributed by atoms with E-state index in [0.29, 0.717) is 6.54 Å². The number of nitrogens with zero attached hydrogens (tertiary/aromatic N) is 1. The molecule has 0 spiro atoms. The number of piperazine rings is 1. The number of amides is 2. The minimum atomic E-state index is -0.425. The molecule has 2 heterocycles. The van der Waals surface area contributed by atoms with Crippen LogP contribution in [0.4, 0.5) is 0 Å². The minimum absolute atomic E-state index is 0.0177. The van der Waals surface area contributed by atoms with Crippen LogP contribution in [0.15, 0.2) is 0 Å². The van der Waals surface area contributed by atoms with Crippen molar-refractivity contribution in [3.8, 4) is 0 Å². The first-order valence-corrected chi connectivity index (χ1v) is 7.77. The average molecular weight is 282 g/mol. The SMILES string of the molecule is CCC(C)C1C(=O)NC(C)C(=O)N1CC1CCCCO1. The van der Waals surface area contributed by atoms with Crippen LogP contribution >= 0.6 is 0 Å². The Balaban J connectivity index is 2.13. The van der Waals surface area contributed by atoms with Crippen molar-refractivity contribution < 1.29 is 14.3 Å². The summed E-state index contributed by atoms with van der Waals surface area (Å²) in [5.74, 6) is 0.154. The summed E-state index contributed by atoms with van der Waals surface area (Å²) < 4.78 is 5.74. The normalized spacial score (nSPS) is 33.0. The molecule has 0 bridgehead atoms. The van der Waals surface area contributed by atoms with Crippen LogP contribution in [0.2, 0.25) is 0 Å². The van der Waals surface area contributed by atoms with Crippen molar-refractivity contribution in [1.82, 2.24) is 10.2 Å². The fourth-order valence-corrected chi connectivity index (χ4v) is 3.05. The summed E-state index contributed by atoms with van der Waals surface area (Å²) in [6.45, 7) is 7.15. The van der Waals surface area contributed by atoms with Gasteiger partial charge in [-0.1, -0.05) is 20.3 Å². The van der Waals surface area contributed by atoms with Gasteiger partial charge in [-0.2, -0.15) is 0 Å². The molecule has 0 radical (unpaired) electrons. The third-order valence-corrected chi connectivity index (χ3v) is 4.47. The smallest absolute Gasteiger partial charge is 0.245 e. The van der Waals surface area contributed by atoms with Gasteiger partial charge in [0.1, 0.15) is 12.1 Å². The van der Waals surface area contributed by atoms with Crippen molar-refractivity contribution in [2.75, 3.05) is 13.2 Å². The molecule has 2 aliphatic heterocycles. The van der Waals surface area contributed by atoms with Crippen LogP contribution < -0.4 is 5.32 Å². The van der Waals surface area contributed by atoms with Gasteiger partial charge < -0.3 is 15.0 Å². The summed E-state index contributed by atoms with van der Waals surface area (Å²) >= 11 is 0. The standard InChI is InChI=1S/C15H26N2O3/c1-4-10(2)13-14(18)16-11(3)15(19)17(13)9-12-7-5-6-8-20-12/h10-13H,4-9H2,1-3H3,(H,16,18). The van der Waals surface area contributed by atoms with Crippen molar-refractivity contribution in [3.63, 3.8) is 0 Å². The van der Waals surface area contributed by atoms with Gasteiger partial charge in [-0.3, -0.25) is 9.59 Å². The molecule has 0 saturated carbocycles. The van der Waals surface area contributed by atoms with Crippen molar-refractivity contribution in [2.45, 2.75) is 64.6 Å². The van der Waals surface area contributed by atoms with Gasteiger partial charge in [-0.05, 0) is 32.1 Å². The van der Waals surface area contributed by atoms with E-state index in [1.165, 1.54) is 0 Å². The molecule has 5 nitrogen and oxygen atoms in total. The first kappa shape index (κ1) is 15.3. The molecule has 2 fully saturated rings. The number of hydrogen-bond acceptors (Lipinski definition) is 3. The van der Waals surface area contributed by atoms with Crippen LogP contribution in [-0.4, -0.2) is 48.1 Å². The maximum atomic E-state index is 12.4. The van der Waals surface area contributed by atoms with Crippen molar-refractivity contribution in [2.24, 2.45) is 5.92 Å². The van der Waals surface area contributed by atoms with Gasteiger partial charge in [0.25, 0.3) is 0 Å². The van der Waals surface area contributed by atoms with Crippen LogP contribution in [0.1, 0.15) is 46.5 Å². The van der Waals surface area contributed by atoms with E-state index in [1.54, 1.807) is 11.8 Å². The molecule has 0 aromatic heterocycles. The predicted molar refractivity (Wildman–Crippen MR) is 76.2 cm³/mol. The monoisotopic (exact) mass is 282 g/mol. The lowest BCUT2D eigenvalue weighted by Gasteiger charge is -2.42. The lowest BCUT2D eigenvalue weighted by molar-refractivity contribution is -0.153. The summed E-state index contributed by atoms with van der Waals surface area (Å²) in [7, 11) is 0. The van der Waals surface area contributed by atoms with E-state index < -0.39 is 6.04 Å². The molecule has 2 amide bonds. The number of hydrogen-bond donors (Lipinski definition) is 1. The molecule has 2 saturated heterocycles. The molecule has 4 unspecified atom stereocenters. The van der Waals surface area contributed by atoms with Gasteiger partial charge in [0.2, 0.25) is 11.8 Å². The molecule has 5 heteroatoms. The van der Waals surface area contributed by atoms with Crippen LogP contribution in [0.5, 0.6) is 0 Å². The Morgan fingerprint density at radius 3 is 2.75 bits per heavy atom. The number of nitrogens with one attached hydrogen (secondary N) is 1. The van der Waals surface area contributed by atoms with Crippen LogP contribution in [0.25, 0.3) is 0 Å². The second kappa shape index (κ2) is 6.57. The van der Waals surface area contributed by atoms with Gasteiger partial charge in [-0.25, -0.2) is 0 Å². The minimum Gasteiger partial charge on any atom is -0.376 e. The Hall–Kier alpha value is -1.10. The van der Waals surface area contributed by atoms with Crippen LogP contribution in [0.3, 0.4) is 0 Å². The molecule has 0 aliphatic carbocycles. The van der Waals surface area contributed by atoms with E-state index in [9.17, 15) is 9.59 Å². The summed E-state index contributed by atoms with van der Waals surface area (Å²) in [4.78, 5) is 26.4. The molecule has 2 rings (SSSR count). The molecule has 4 atom stereocenters. The Morgan fingerprint density at radius 1 is 1.40 bits per heavy atom. The van der Waals surface area contributed by atoms with Gasteiger partial charge >= 0.3 is 0 Å². The Bertz CT molecular complexity index is 366. The fraction of sp³-hybridized carbons (Fsp3) is 0.867. The topological polar surface area (TPSA) is 58.6 Å². The summed E-state index contributed by atoms with van der Waals surface area (Å²) in [5, 5.41) is 2.79. The number of carbonyl (C=O) groups excluding carboxylic acids is 2. The Kier molecular flexibility index (Phi) is 5.02. The van der Waals surface area contributed by atoms with Gasteiger partial charge in [-0.15, -0.1) is 0 Å². The third-order valence-electron chi connectivity index (χ3n) is 4.47. The molecule has 0 aromatic rings. The summed E-state index contributed by atoms with van der Waals surface area (Å²) in [5.41, 5.74) is 0. The largest absolute Gasteiger partial charge is 0.376 e. The molecule has 0 aromatic carbocycles. The fourth-order valence-electron chi connectivity index (χ4n) is 3.05. The number of rotatable bonds is 4. The average Bonchev–Trinajstić information content (AvgIpc) is 2.45. The maximum absolute atomic E-state index is 12.4. The van der Waals surface area contributed by atoms with Crippen molar-refractivity contribution in [1.29, 1.82) is 0 Å². The van der Waals surface area contributed by atoms with E-state index in [2.05, 4.69) is 12.2 Å². The lowest BCUT2D eigenvalue weighted by atomic mass is 9.93. The summed E-state index contributed by atoms with van der Waals surface area (Å²) in [6.07, 6.45) is 4.17. The zero-order chi connectivity index (χ0) is 14.7. The van der Waals surface area contributed by atoms with Gasteiger partial charge in [0, 0.05) is 13.2 Å². The van der Waals surface area contributed by atoms with E-state index in [0.717, 1.165) is 32.3 Å². The van der Waals surface area contributed by atoms with Gasteiger partial charge in [0.15, 0.2) is 0 Å². The quantitative estimate of drug-likeness (QED) is 0.846. The highest BCUT2D eigenvalue weighted by Gasteiger charge is 2.41. The Morgan fingerprint density at radius 2 is 2.15 bits per heavy atom. The Labute approximate surface area is 121 Å². The zero-order valence-corrected chi connectivity index (χ0v) is 12.7. The molecular formula is C15H26N2O3. The molecule has 20 heavy (non-hydrogen) atoms. The first-order chi connectivity index (χ1) is 9.54. The van der Waals surface area contributed by atoms with E-state index in [-0.39, 0.29) is 29.9 Å². The highest BCUT2D eigenvalue weighted by Crippen LogP contribution is 2.23.